The summed E-state index contributed by atoms with van der Waals surface area (Å²) < 4.78 is 0. The standard InChI is InChI=1S/C16H31N3O/c1-18(15-5-3-2-4-6-15)16(20)13-19-11-8-14(7-10-17)9-12-19/h14-15H,2-13,17H2,1H3. The molecule has 2 aliphatic rings. The van der Waals surface area contributed by atoms with Crippen molar-refractivity contribution < 1.29 is 4.79 Å². The molecule has 1 saturated heterocycles. The van der Waals surface area contributed by atoms with E-state index in [0.29, 0.717) is 18.5 Å². The average Bonchev–Trinajstić information content (AvgIpc) is 2.49. The van der Waals surface area contributed by atoms with Crippen LogP contribution in [0.25, 0.3) is 0 Å². The molecule has 1 heterocycles. The van der Waals surface area contributed by atoms with Crippen LogP contribution in [0.5, 0.6) is 0 Å². The number of amides is 1. The zero-order valence-electron chi connectivity index (χ0n) is 13.0. The highest BCUT2D eigenvalue weighted by Gasteiger charge is 2.25. The summed E-state index contributed by atoms with van der Waals surface area (Å²) in [5.41, 5.74) is 5.62. The van der Waals surface area contributed by atoms with Gasteiger partial charge in [0.05, 0.1) is 6.54 Å². The van der Waals surface area contributed by atoms with Crippen molar-refractivity contribution in [1.82, 2.24) is 9.80 Å². The molecular weight excluding hydrogens is 250 g/mol. The van der Waals surface area contributed by atoms with E-state index in [1.54, 1.807) is 0 Å². The minimum Gasteiger partial charge on any atom is -0.342 e. The van der Waals surface area contributed by atoms with E-state index in [9.17, 15) is 4.79 Å². The van der Waals surface area contributed by atoms with Crippen LogP contribution < -0.4 is 5.73 Å². The molecule has 0 aromatic rings. The number of rotatable bonds is 5. The minimum atomic E-state index is 0.314. The fourth-order valence-corrected chi connectivity index (χ4v) is 3.64. The van der Waals surface area contributed by atoms with Crippen LogP contribution in [0.1, 0.15) is 51.4 Å². The van der Waals surface area contributed by atoms with Crippen molar-refractivity contribution in [2.24, 2.45) is 11.7 Å². The lowest BCUT2D eigenvalue weighted by Gasteiger charge is -2.35. The number of nitrogens with two attached hydrogens (primary N) is 1. The molecule has 1 aliphatic heterocycles. The van der Waals surface area contributed by atoms with Crippen LogP contribution in [0.3, 0.4) is 0 Å². The molecule has 0 bridgehead atoms. The molecule has 2 rings (SSSR count). The normalized spacial score (nSPS) is 22.9. The van der Waals surface area contributed by atoms with E-state index < -0.39 is 0 Å². The fraction of sp³-hybridized carbons (Fsp3) is 0.938. The number of likely N-dealkylation sites (N-methyl/N-ethyl adjacent to an activating group) is 1. The molecule has 1 aliphatic carbocycles. The van der Waals surface area contributed by atoms with Gasteiger partial charge in [-0.15, -0.1) is 0 Å². The number of hydrogen-bond donors (Lipinski definition) is 1. The van der Waals surface area contributed by atoms with E-state index in [4.69, 9.17) is 5.73 Å². The lowest BCUT2D eigenvalue weighted by atomic mass is 9.93. The average molecular weight is 281 g/mol. The molecule has 1 amide bonds. The highest BCUT2D eigenvalue weighted by atomic mass is 16.2. The Kier molecular flexibility index (Phi) is 6.30. The Morgan fingerprint density at radius 1 is 1.15 bits per heavy atom. The maximum Gasteiger partial charge on any atom is 0.236 e. The van der Waals surface area contributed by atoms with Gasteiger partial charge in [0.2, 0.25) is 5.91 Å². The van der Waals surface area contributed by atoms with Gasteiger partial charge in [-0.2, -0.15) is 0 Å². The van der Waals surface area contributed by atoms with Crippen molar-refractivity contribution in [3.63, 3.8) is 0 Å². The first-order chi connectivity index (χ1) is 9.70. The summed E-state index contributed by atoms with van der Waals surface area (Å²) in [7, 11) is 2.00. The topological polar surface area (TPSA) is 49.6 Å². The zero-order chi connectivity index (χ0) is 14.4. The number of piperidine rings is 1. The second-order valence-corrected chi connectivity index (χ2v) is 6.59. The Hall–Kier alpha value is -0.610. The van der Waals surface area contributed by atoms with Crippen molar-refractivity contribution in [2.45, 2.75) is 57.4 Å². The van der Waals surface area contributed by atoms with E-state index >= 15 is 0 Å². The van der Waals surface area contributed by atoms with Crippen LogP contribution in [0.15, 0.2) is 0 Å². The summed E-state index contributed by atoms with van der Waals surface area (Å²) in [5.74, 6) is 1.09. The third kappa shape index (κ3) is 4.45. The molecular formula is C16H31N3O. The fourth-order valence-electron chi connectivity index (χ4n) is 3.64. The van der Waals surface area contributed by atoms with Crippen molar-refractivity contribution in [3.8, 4) is 0 Å². The Morgan fingerprint density at radius 3 is 2.40 bits per heavy atom. The van der Waals surface area contributed by atoms with Crippen LogP contribution in [-0.4, -0.2) is 55.0 Å². The predicted molar refractivity (Wildman–Crippen MR) is 82.5 cm³/mol. The van der Waals surface area contributed by atoms with Crippen molar-refractivity contribution in [1.29, 1.82) is 0 Å². The van der Waals surface area contributed by atoms with Gasteiger partial charge in [-0.3, -0.25) is 9.69 Å². The molecule has 116 valence electrons. The highest BCUT2D eigenvalue weighted by Crippen LogP contribution is 2.23. The first kappa shape index (κ1) is 15.8. The van der Waals surface area contributed by atoms with Crippen LogP contribution in [0.2, 0.25) is 0 Å². The van der Waals surface area contributed by atoms with Gasteiger partial charge < -0.3 is 10.6 Å². The van der Waals surface area contributed by atoms with Crippen molar-refractivity contribution in [2.75, 3.05) is 33.2 Å². The van der Waals surface area contributed by atoms with Crippen molar-refractivity contribution >= 4 is 5.91 Å². The van der Waals surface area contributed by atoms with Gasteiger partial charge in [0.15, 0.2) is 0 Å². The van der Waals surface area contributed by atoms with Gasteiger partial charge in [0.25, 0.3) is 0 Å². The number of nitrogens with zero attached hydrogens (tertiary/aromatic N) is 2. The number of carbonyl (C=O) groups is 1. The predicted octanol–water partition coefficient (Wildman–Crippen LogP) is 1.84. The second-order valence-electron chi connectivity index (χ2n) is 6.59. The molecule has 1 saturated carbocycles. The molecule has 20 heavy (non-hydrogen) atoms. The quantitative estimate of drug-likeness (QED) is 0.836. The Balaban J connectivity index is 1.71. The second kappa shape index (κ2) is 7.99. The molecule has 4 heteroatoms. The summed E-state index contributed by atoms with van der Waals surface area (Å²) in [4.78, 5) is 16.7. The molecule has 0 spiro atoms. The van der Waals surface area contributed by atoms with Gasteiger partial charge in [0, 0.05) is 13.1 Å². The van der Waals surface area contributed by atoms with Gasteiger partial charge in [-0.05, 0) is 57.7 Å². The summed E-state index contributed by atoms with van der Waals surface area (Å²) in [6, 6.07) is 0.492. The lowest BCUT2D eigenvalue weighted by Crippen LogP contribution is -2.46. The first-order valence-corrected chi connectivity index (χ1v) is 8.38. The minimum absolute atomic E-state index is 0.314. The number of likely N-dealkylation sites (tertiary alicyclic amines) is 1. The van der Waals surface area contributed by atoms with Crippen LogP contribution in [-0.2, 0) is 4.79 Å². The molecule has 2 fully saturated rings. The molecule has 2 N–H and O–H groups in total. The van der Waals surface area contributed by atoms with E-state index in [1.165, 1.54) is 44.9 Å². The summed E-state index contributed by atoms with van der Waals surface area (Å²) >= 11 is 0. The maximum absolute atomic E-state index is 12.4. The van der Waals surface area contributed by atoms with E-state index in [-0.39, 0.29) is 0 Å². The van der Waals surface area contributed by atoms with Gasteiger partial charge in [-0.25, -0.2) is 0 Å². The van der Waals surface area contributed by atoms with Crippen LogP contribution in [0.4, 0.5) is 0 Å². The molecule has 0 radical (unpaired) electrons. The molecule has 4 nitrogen and oxygen atoms in total. The lowest BCUT2D eigenvalue weighted by molar-refractivity contribution is -0.134. The number of hydrogen-bond acceptors (Lipinski definition) is 3. The van der Waals surface area contributed by atoms with Crippen molar-refractivity contribution in [3.05, 3.63) is 0 Å². The van der Waals surface area contributed by atoms with Crippen LogP contribution in [0, 0.1) is 5.92 Å². The smallest absolute Gasteiger partial charge is 0.236 e. The molecule has 0 unspecified atom stereocenters. The Morgan fingerprint density at radius 2 is 1.80 bits per heavy atom. The van der Waals surface area contributed by atoms with Gasteiger partial charge in [0.1, 0.15) is 0 Å². The summed E-state index contributed by atoms with van der Waals surface area (Å²) in [6.07, 6.45) is 9.85. The van der Waals surface area contributed by atoms with Gasteiger partial charge in [-0.1, -0.05) is 19.3 Å². The molecule has 0 atom stereocenters. The zero-order valence-corrected chi connectivity index (χ0v) is 13.0. The maximum atomic E-state index is 12.4. The van der Waals surface area contributed by atoms with E-state index in [0.717, 1.165) is 32.0 Å². The van der Waals surface area contributed by atoms with E-state index in [1.807, 2.05) is 11.9 Å². The summed E-state index contributed by atoms with van der Waals surface area (Å²) in [6.45, 7) is 3.54. The molecule has 0 aromatic carbocycles. The summed E-state index contributed by atoms with van der Waals surface area (Å²) in [5, 5.41) is 0. The van der Waals surface area contributed by atoms with Gasteiger partial charge >= 0.3 is 0 Å². The Bertz CT molecular complexity index is 294. The SMILES string of the molecule is CN(C(=O)CN1CCC(CCN)CC1)C1CCCCC1. The highest BCUT2D eigenvalue weighted by molar-refractivity contribution is 5.78. The third-order valence-electron chi connectivity index (χ3n) is 5.16. The Labute approximate surface area is 123 Å². The van der Waals surface area contributed by atoms with E-state index in [2.05, 4.69) is 4.90 Å². The van der Waals surface area contributed by atoms with Crippen LogP contribution >= 0.6 is 0 Å². The monoisotopic (exact) mass is 281 g/mol. The molecule has 0 aromatic heterocycles. The third-order valence-corrected chi connectivity index (χ3v) is 5.16. The number of carbonyl (C=O) groups excluding carboxylic acids is 1. The first-order valence-electron chi connectivity index (χ1n) is 8.38. The largest absolute Gasteiger partial charge is 0.342 e.